The summed E-state index contributed by atoms with van der Waals surface area (Å²) in [7, 11) is 0. The Balaban J connectivity index is 1.97. The molecule has 128 valence electrons. The number of hydrogen-bond acceptors (Lipinski definition) is 4. The van der Waals surface area contributed by atoms with Crippen molar-refractivity contribution in [2.45, 2.75) is 26.3 Å². The summed E-state index contributed by atoms with van der Waals surface area (Å²) in [5, 5.41) is 6.46. The third-order valence-corrected chi connectivity index (χ3v) is 3.88. The maximum atomic E-state index is 13.4. The van der Waals surface area contributed by atoms with Gasteiger partial charge in [0, 0.05) is 23.4 Å². The average Bonchev–Trinajstić information content (AvgIpc) is 2.62. The smallest absolute Gasteiger partial charge is 0.225 e. The van der Waals surface area contributed by atoms with Crippen LogP contribution in [0.5, 0.6) is 0 Å². The van der Waals surface area contributed by atoms with Crippen molar-refractivity contribution in [3.63, 3.8) is 0 Å². The van der Waals surface area contributed by atoms with E-state index in [4.69, 9.17) is 0 Å². The summed E-state index contributed by atoms with van der Waals surface area (Å²) >= 11 is 0. The van der Waals surface area contributed by atoms with Gasteiger partial charge in [0.15, 0.2) is 0 Å². The molecule has 1 atom stereocenters. The molecule has 0 saturated carbocycles. The lowest BCUT2D eigenvalue weighted by molar-refractivity contribution is 0.628. The van der Waals surface area contributed by atoms with Gasteiger partial charge in [-0.25, -0.2) is 9.37 Å². The Morgan fingerprint density at radius 1 is 1.00 bits per heavy atom. The predicted molar refractivity (Wildman–Crippen MR) is 101 cm³/mol. The maximum Gasteiger partial charge on any atom is 0.225 e. The lowest BCUT2D eigenvalue weighted by atomic mass is 10.1. The summed E-state index contributed by atoms with van der Waals surface area (Å²) in [6, 6.07) is 18.3. The van der Waals surface area contributed by atoms with E-state index in [1.54, 1.807) is 12.1 Å². The summed E-state index contributed by atoms with van der Waals surface area (Å²) < 4.78 is 13.4. The molecule has 3 rings (SSSR count). The number of rotatable bonds is 6. The molecule has 0 saturated heterocycles. The van der Waals surface area contributed by atoms with Crippen LogP contribution in [0.2, 0.25) is 0 Å². The minimum Gasteiger partial charge on any atom is -0.352 e. The minimum atomic E-state index is -0.291. The lowest BCUT2D eigenvalue weighted by Gasteiger charge is -2.14. The first kappa shape index (κ1) is 16.9. The molecule has 0 spiro atoms. The molecule has 0 amide bonds. The van der Waals surface area contributed by atoms with Gasteiger partial charge >= 0.3 is 0 Å². The average molecular weight is 336 g/mol. The van der Waals surface area contributed by atoms with Gasteiger partial charge in [0.05, 0.1) is 5.69 Å². The number of hydrogen-bond donors (Lipinski definition) is 2. The van der Waals surface area contributed by atoms with Crippen LogP contribution >= 0.6 is 0 Å². The number of anilines is 3. The first-order chi connectivity index (χ1) is 12.1. The minimum absolute atomic E-state index is 0.257. The molecule has 2 aromatic carbocycles. The second-order valence-electron chi connectivity index (χ2n) is 5.92. The Labute approximate surface area is 147 Å². The third kappa shape index (κ3) is 4.53. The van der Waals surface area contributed by atoms with Gasteiger partial charge in [0.2, 0.25) is 5.95 Å². The van der Waals surface area contributed by atoms with Gasteiger partial charge in [-0.15, -0.1) is 0 Å². The number of aromatic nitrogens is 2. The van der Waals surface area contributed by atoms with Crippen LogP contribution in [-0.2, 0) is 0 Å². The standard InChI is InChI=1S/C20H21FN4/c1-3-14(2)22-20-24-18(15-8-5-4-6-9-15)13-19(25-20)23-17-11-7-10-16(21)12-17/h4-14H,3H2,1-2H3,(H2,22,23,24,25)/t14-/m0/s1. The molecule has 0 fully saturated rings. The van der Waals surface area contributed by atoms with Crippen LogP contribution in [0, 0.1) is 5.82 Å². The molecule has 4 nitrogen and oxygen atoms in total. The number of halogens is 1. The summed E-state index contributed by atoms with van der Waals surface area (Å²) in [5.74, 6) is 0.875. The molecular weight excluding hydrogens is 315 g/mol. The fourth-order valence-electron chi connectivity index (χ4n) is 2.37. The molecule has 0 aliphatic rings. The van der Waals surface area contributed by atoms with Crippen LogP contribution in [0.4, 0.5) is 21.8 Å². The van der Waals surface area contributed by atoms with Crippen LogP contribution in [0.25, 0.3) is 11.3 Å². The molecule has 0 aliphatic heterocycles. The van der Waals surface area contributed by atoms with Crippen LogP contribution in [0.15, 0.2) is 60.7 Å². The van der Waals surface area contributed by atoms with E-state index in [1.165, 1.54) is 12.1 Å². The van der Waals surface area contributed by atoms with Gasteiger partial charge in [0.1, 0.15) is 11.6 Å². The second kappa shape index (κ2) is 7.75. The summed E-state index contributed by atoms with van der Waals surface area (Å²) in [5.41, 5.74) is 2.45. The van der Waals surface area contributed by atoms with Crippen molar-refractivity contribution in [1.29, 1.82) is 0 Å². The first-order valence-corrected chi connectivity index (χ1v) is 8.37. The van der Waals surface area contributed by atoms with Crippen molar-refractivity contribution in [1.82, 2.24) is 9.97 Å². The highest BCUT2D eigenvalue weighted by molar-refractivity contribution is 5.67. The molecular formula is C20H21FN4. The quantitative estimate of drug-likeness (QED) is 0.646. The van der Waals surface area contributed by atoms with Crippen LogP contribution in [-0.4, -0.2) is 16.0 Å². The highest BCUT2D eigenvalue weighted by atomic mass is 19.1. The molecule has 0 radical (unpaired) electrons. The largest absolute Gasteiger partial charge is 0.352 e. The highest BCUT2D eigenvalue weighted by Gasteiger charge is 2.09. The Morgan fingerprint density at radius 3 is 2.52 bits per heavy atom. The zero-order chi connectivity index (χ0) is 17.6. The van der Waals surface area contributed by atoms with Crippen LogP contribution in [0.1, 0.15) is 20.3 Å². The summed E-state index contributed by atoms with van der Waals surface area (Å²) in [4.78, 5) is 9.13. The van der Waals surface area contributed by atoms with Gasteiger partial charge < -0.3 is 10.6 Å². The SMILES string of the molecule is CC[C@H](C)Nc1nc(Nc2cccc(F)c2)cc(-c2ccccc2)n1. The van der Waals surface area contributed by atoms with E-state index in [2.05, 4.69) is 34.4 Å². The molecule has 1 aromatic heterocycles. The lowest BCUT2D eigenvalue weighted by Crippen LogP contribution is -2.16. The molecule has 0 bridgehead atoms. The Morgan fingerprint density at radius 2 is 1.80 bits per heavy atom. The van der Waals surface area contributed by atoms with Gasteiger partial charge in [-0.3, -0.25) is 0 Å². The van der Waals surface area contributed by atoms with E-state index in [0.717, 1.165) is 17.7 Å². The molecule has 0 aliphatic carbocycles. The topological polar surface area (TPSA) is 49.8 Å². The van der Waals surface area contributed by atoms with E-state index >= 15 is 0 Å². The monoisotopic (exact) mass is 336 g/mol. The molecule has 1 heterocycles. The third-order valence-electron chi connectivity index (χ3n) is 3.88. The van der Waals surface area contributed by atoms with Gasteiger partial charge in [-0.2, -0.15) is 4.98 Å². The molecule has 5 heteroatoms. The van der Waals surface area contributed by atoms with Crippen molar-refractivity contribution in [3.8, 4) is 11.3 Å². The van der Waals surface area contributed by atoms with E-state index in [0.29, 0.717) is 17.5 Å². The van der Waals surface area contributed by atoms with Crippen LogP contribution < -0.4 is 10.6 Å². The van der Waals surface area contributed by atoms with Crippen molar-refractivity contribution < 1.29 is 4.39 Å². The predicted octanol–water partition coefficient (Wildman–Crippen LogP) is 5.24. The highest BCUT2D eigenvalue weighted by Crippen LogP contribution is 2.24. The van der Waals surface area contributed by atoms with E-state index in [9.17, 15) is 4.39 Å². The fraction of sp³-hybridized carbons (Fsp3) is 0.200. The van der Waals surface area contributed by atoms with Crippen molar-refractivity contribution in [2.24, 2.45) is 0 Å². The second-order valence-corrected chi connectivity index (χ2v) is 5.92. The number of nitrogens with zero attached hydrogens (tertiary/aromatic N) is 2. The molecule has 25 heavy (non-hydrogen) atoms. The van der Waals surface area contributed by atoms with Gasteiger partial charge in [0.25, 0.3) is 0 Å². The summed E-state index contributed by atoms with van der Waals surface area (Å²) in [6.07, 6.45) is 0.964. The van der Waals surface area contributed by atoms with E-state index in [1.807, 2.05) is 36.4 Å². The zero-order valence-corrected chi connectivity index (χ0v) is 14.3. The van der Waals surface area contributed by atoms with E-state index < -0.39 is 0 Å². The van der Waals surface area contributed by atoms with Crippen molar-refractivity contribution in [3.05, 3.63) is 66.5 Å². The number of nitrogens with one attached hydrogen (secondary N) is 2. The zero-order valence-electron chi connectivity index (χ0n) is 14.3. The Bertz CT molecular complexity index is 836. The Hall–Kier alpha value is -2.95. The summed E-state index contributed by atoms with van der Waals surface area (Å²) in [6.45, 7) is 4.18. The Kier molecular flexibility index (Phi) is 5.23. The van der Waals surface area contributed by atoms with Gasteiger partial charge in [-0.05, 0) is 31.5 Å². The van der Waals surface area contributed by atoms with Crippen molar-refractivity contribution >= 4 is 17.5 Å². The first-order valence-electron chi connectivity index (χ1n) is 8.37. The fourth-order valence-corrected chi connectivity index (χ4v) is 2.37. The normalized spacial score (nSPS) is 11.8. The molecule has 0 unspecified atom stereocenters. The van der Waals surface area contributed by atoms with E-state index in [-0.39, 0.29) is 11.9 Å². The van der Waals surface area contributed by atoms with Gasteiger partial charge in [-0.1, -0.05) is 43.3 Å². The van der Waals surface area contributed by atoms with Crippen molar-refractivity contribution in [2.75, 3.05) is 10.6 Å². The molecule has 2 N–H and O–H groups in total. The van der Waals surface area contributed by atoms with Crippen LogP contribution in [0.3, 0.4) is 0 Å². The number of benzene rings is 2. The maximum absolute atomic E-state index is 13.4. The molecule has 3 aromatic rings.